The number of aryl methyl sites for hydroxylation is 1. The van der Waals surface area contributed by atoms with Crippen LogP contribution in [-0.2, 0) is 0 Å². The Hall–Kier alpha value is -0.170. The van der Waals surface area contributed by atoms with Gasteiger partial charge in [0.2, 0.25) is 0 Å². The second kappa shape index (κ2) is 7.43. The van der Waals surface area contributed by atoms with E-state index >= 15 is 0 Å². The smallest absolute Gasteiger partial charge is 0.170 e. The van der Waals surface area contributed by atoms with E-state index in [2.05, 4.69) is 35.4 Å². The topological polar surface area (TPSA) is 58.0 Å². The number of aromatic nitrogens is 2. The lowest BCUT2D eigenvalue weighted by molar-refractivity contribution is 0.156. The molecule has 0 saturated carbocycles. The second-order valence-corrected chi connectivity index (χ2v) is 7.17. The summed E-state index contributed by atoms with van der Waals surface area (Å²) in [5.74, 6) is 1.87. The molecule has 0 amide bonds. The van der Waals surface area contributed by atoms with E-state index in [1.807, 2.05) is 6.92 Å². The van der Waals surface area contributed by atoms with Crippen molar-refractivity contribution in [2.75, 3.05) is 12.4 Å². The molecule has 1 heterocycles. The summed E-state index contributed by atoms with van der Waals surface area (Å²) in [5.41, 5.74) is -0.175. The van der Waals surface area contributed by atoms with Gasteiger partial charge >= 0.3 is 0 Å². The molecule has 0 saturated heterocycles. The van der Waals surface area contributed by atoms with Crippen molar-refractivity contribution in [3.05, 3.63) is 5.82 Å². The predicted octanol–water partition coefficient (Wildman–Crippen LogP) is 2.47. The van der Waals surface area contributed by atoms with Gasteiger partial charge in [-0.05, 0) is 38.2 Å². The van der Waals surface area contributed by atoms with Crippen molar-refractivity contribution in [2.24, 2.45) is 0 Å². The van der Waals surface area contributed by atoms with Gasteiger partial charge in [0, 0.05) is 17.3 Å². The summed E-state index contributed by atoms with van der Waals surface area (Å²) < 4.78 is 5.19. The predicted molar refractivity (Wildman–Crippen MR) is 78.4 cm³/mol. The van der Waals surface area contributed by atoms with E-state index < -0.39 is 0 Å². The first-order valence-corrected chi connectivity index (χ1v) is 8.03. The number of aliphatic hydroxyl groups excluding tert-OH is 1. The number of nitrogens with zero attached hydrogens (tertiary/aromatic N) is 2. The zero-order valence-corrected chi connectivity index (χ0v) is 13.2. The van der Waals surface area contributed by atoms with Crippen molar-refractivity contribution in [1.29, 1.82) is 0 Å². The van der Waals surface area contributed by atoms with Gasteiger partial charge in [-0.25, -0.2) is 4.98 Å². The molecule has 0 aromatic carbocycles. The third-order valence-corrected chi connectivity index (χ3v) is 4.60. The summed E-state index contributed by atoms with van der Waals surface area (Å²) >= 11 is 3.21. The van der Waals surface area contributed by atoms with Crippen LogP contribution in [-0.4, -0.2) is 38.4 Å². The Labute approximate surface area is 118 Å². The lowest BCUT2D eigenvalue weighted by Gasteiger charge is -2.31. The fraction of sp³-hybridized carbons (Fsp3) is 0.833. The molecule has 0 aliphatic heterocycles. The average Bonchev–Trinajstić information content (AvgIpc) is 2.70. The van der Waals surface area contributed by atoms with Crippen molar-refractivity contribution >= 4 is 23.3 Å². The standard InChI is InChI=1S/C12H23N3OS2/c1-9(2)14-12(4,8-16)6-5-7-17-11-13-10(3)15-18-11/h9,14,16H,5-8H2,1-4H3. The van der Waals surface area contributed by atoms with E-state index in [9.17, 15) is 5.11 Å². The summed E-state index contributed by atoms with van der Waals surface area (Å²) in [7, 11) is 0. The minimum absolute atomic E-state index is 0.174. The Kier molecular flexibility index (Phi) is 6.55. The fourth-order valence-corrected chi connectivity index (χ4v) is 3.51. The normalized spacial score (nSPS) is 15.0. The number of rotatable bonds is 8. The third kappa shape index (κ3) is 5.65. The van der Waals surface area contributed by atoms with Crippen LogP contribution in [0.15, 0.2) is 4.34 Å². The molecule has 0 bridgehead atoms. The molecular formula is C12H23N3OS2. The van der Waals surface area contributed by atoms with Crippen LogP contribution in [0.5, 0.6) is 0 Å². The van der Waals surface area contributed by atoms with Gasteiger partial charge in [0.15, 0.2) is 4.34 Å². The minimum atomic E-state index is -0.175. The molecule has 0 fully saturated rings. The van der Waals surface area contributed by atoms with Gasteiger partial charge in [-0.2, -0.15) is 4.37 Å². The van der Waals surface area contributed by atoms with Gasteiger partial charge in [-0.3, -0.25) is 0 Å². The van der Waals surface area contributed by atoms with Crippen LogP contribution >= 0.6 is 23.3 Å². The largest absolute Gasteiger partial charge is 0.394 e. The van der Waals surface area contributed by atoms with Gasteiger partial charge < -0.3 is 10.4 Å². The molecule has 0 aliphatic carbocycles. The molecule has 1 unspecified atom stereocenters. The number of thioether (sulfide) groups is 1. The van der Waals surface area contributed by atoms with Crippen LogP contribution in [0.25, 0.3) is 0 Å². The molecule has 6 heteroatoms. The third-order valence-electron chi connectivity index (χ3n) is 2.59. The molecule has 1 aromatic heterocycles. The van der Waals surface area contributed by atoms with Gasteiger partial charge in [0.1, 0.15) is 5.82 Å². The highest BCUT2D eigenvalue weighted by Crippen LogP contribution is 2.23. The summed E-state index contributed by atoms with van der Waals surface area (Å²) in [6.45, 7) is 8.37. The molecule has 1 atom stereocenters. The lowest BCUT2D eigenvalue weighted by atomic mass is 9.96. The lowest BCUT2D eigenvalue weighted by Crippen LogP contribution is -2.49. The maximum Gasteiger partial charge on any atom is 0.170 e. The van der Waals surface area contributed by atoms with Crippen molar-refractivity contribution in [3.8, 4) is 0 Å². The Morgan fingerprint density at radius 1 is 1.50 bits per heavy atom. The van der Waals surface area contributed by atoms with Crippen LogP contribution in [0.1, 0.15) is 39.4 Å². The van der Waals surface area contributed by atoms with E-state index in [0.29, 0.717) is 6.04 Å². The van der Waals surface area contributed by atoms with Crippen LogP contribution in [0.3, 0.4) is 0 Å². The Bertz CT molecular complexity index is 357. The van der Waals surface area contributed by atoms with Gasteiger partial charge in [-0.15, -0.1) is 0 Å². The van der Waals surface area contributed by atoms with E-state index in [-0.39, 0.29) is 12.1 Å². The first-order chi connectivity index (χ1) is 8.45. The molecule has 1 rings (SSSR count). The summed E-state index contributed by atoms with van der Waals surface area (Å²) in [4.78, 5) is 4.32. The highest BCUT2D eigenvalue weighted by Gasteiger charge is 2.23. The maximum atomic E-state index is 9.46. The van der Waals surface area contributed by atoms with E-state index in [0.717, 1.165) is 28.8 Å². The summed E-state index contributed by atoms with van der Waals surface area (Å²) in [6.07, 6.45) is 2.02. The minimum Gasteiger partial charge on any atom is -0.394 e. The first kappa shape index (κ1) is 15.9. The average molecular weight is 289 g/mol. The Morgan fingerprint density at radius 2 is 2.22 bits per heavy atom. The molecule has 1 aromatic rings. The number of hydrogen-bond acceptors (Lipinski definition) is 6. The van der Waals surface area contributed by atoms with Crippen LogP contribution < -0.4 is 5.32 Å². The Balaban J connectivity index is 2.27. The second-order valence-electron chi connectivity index (χ2n) is 5.08. The number of hydrogen-bond donors (Lipinski definition) is 2. The molecule has 0 radical (unpaired) electrons. The van der Waals surface area contributed by atoms with Crippen molar-refractivity contribution in [1.82, 2.24) is 14.7 Å². The number of nitrogens with one attached hydrogen (secondary N) is 1. The van der Waals surface area contributed by atoms with E-state index in [1.165, 1.54) is 11.5 Å². The first-order valence-electron chi connectivity index (χ1n) is 6.27. The summed E-state index contributed by atoms with van der Waals surface area (Å²) in [6, 6.07) is 0.389. The van der Waals surface area contributed by atoms with Crippen LogP contribution in [0.4, 0.5) is 0 Å². The summed E-state index contributed by atoms with van der Waals surface area (Å²) in [5, 5.41) is 12.9. The van der Waals surface area contributed by atoms with Gasteiger partial charge in [-0.1, -0.05) is 25.6 Å². The Morgan fingerprint density at radius 3 is 2.72 bits per heavy atom. The zero-order valence-electron chi connectivity index (χ0n) is 11.6. The molecule has 18 heavy (non-hydrogen) atoms. The monoisotopic (exact) mass is 289 g/mol. The molecule has 2 N–H and O–H groups in total. The van der Waals surface area contributed by atoms with Crippen molar-refractivity contribution < 1.29 is 5.11 Å². The van der Waals surface area contributed by atoms with Gasteiger partial charge in [0.05, 0.1) is 6.61 Å². The SMILES string of the molecule is Cc1nsc(SCCCC(C)(CO)NC(C)C)n1. The molecule has 104 valence electrons. The highest BCUT2D eigenvalue weighted by molar-refractivity contribution is 8.00. The highest BCUT2D eigenvalue weighted by atomic mass is 32.2. The number of aliphatic hydroxyl groups is 1. The maximum absolute atomic E-state index is 9.46. The van der Waals surface area contributed by atoms with Crippen molar-refractivity contribution in [3.63, 3.8) is 0 Å². The fourth-order valence-electron chi connectivity index (χ4n) is 1.85. The van der Waals surface area contributed by atoms with Crippen molar-refractivity contribution in [2.45, 2.75) is 56.5 Å². The molecule has 0 aliphatic rings. The van der Waals surface area contributed by atoms with Gasteiger partial charge in [0.25, 0.3) is 0 Å². The molecular weight excluding hydrogens is 266 g/mol. The molecule has 4 nitrogen and oxygen atoms in total. The van der Waals surface area contributed by atoms with Crippen LogP contribution in [0, 0.1) is 6.92 Å². The van der Waals surface area contributed by atoms with E-state index in [1.54, 1.807) is 11.8 Å². The van der Waals surface area contributed by atoms with E-state index in [4.69, 9.17) is 0 Å². The van der Waals surface area contributed by atoms with Crippen LogP contribution in [0.2, 0.25) is 0 Å². The molecule has 0 spiro atoms. The zero-order chi connectivity index (χ0) is 13.6. The quantitative estimate of drug-likeness (QED) is 0.569.